The average molecular weight is 566 g/mol. The number of thiocarbonyl (C=S) groups is 1. The lowest BCUT2D eigenvalue weighted by molar-refractivity contribution is -0.123. The van der Waals surface area contributed by atoms with Gasteiger partial charge in [-0.25, -0.2) is 9.37 Å². The van der Waals surface area contributed by atoms with Gasteiger partial charge in [0.05, 0.1) is 23.1 Å². The number of thioether (sulfide) groups is 1. The number of nitrogens with zero attached hydrogens (tertiary/aromatic N) is 5. The number of carbonyl (C=O) groups is 1. The molecule has 3 aliphatic heterocycles. The van der Waals surface area contributed by atoms with Crippen LogP contribution in [0.2, 0.25) is 0 Å². The molecule has 0 bridgehead atoms. The first-order chi connectivity index (χ1) is 18.9. The summed E-state index contributed by atoms with van der Waals surface area (Å²) in [6, 6.07) is 10.2. The van der Waals surface area contributed by atoms with Crippen molar-refractivity contribution in [1.29, 1.82) is 0 Å². The molecule has 0 N–H and O–H groups in total. The lowest BCUT2D eigenvalue weighted by Crippen LogP contribution is -2.47. The van der Waals surface area contributed by atoms with Gasteiger partial charge in [0.25, 0.3) is 11.5 Å². The van der Waals surface area contributed by atoms with E-state index in [0.29, 0.717) is 65.6 Å². The van der Waals surface area contributed by atoms with Crippen LogP contribution in [0, 0.1) is 12.7 Å². The maximum atomic E-state index is 13.8. The van der Waals surface area contributed by atoms with E-state index in [4.69, 9.17) is 21.9 Å². The molecule has 1 amide bonds. The van der Waals surface area contributed by atoms with Crippen molar-refractivity contribution in [3.63, 3.8) is 0 Å². The molecule has 3 aliphatic rings. The third-order valence-corrected chi connectivity index (χ3v) is 8.77. The van der Waals surface area contributed by atoms with Crippen LogP contribution in [-0.2, 0) is 9.53 Å². The highest BCUT2D eigenvalue weighted by Crippen LogP contribution is 2.34. The number of hydrogen-bond acceptors (Lipinski definition) is 8. The first kappa shape index (κ1) is 26.0. The number of rotatable bonds is 5. The highest BCUT2D eigenvalue weighted by molar-refractivity contribution is 8.26. The number of anilines is 2. The summed E-state index contributed by atoms with van der Waals surface area (Å²) in [7, 11) is 0. The first-order valence-corrected chi connectivity index (χ1v) is 14.3. The molecule has 3 saturated heterocycles. The lowest BCUT2D eigenvalue weighted by Gasteiger charge is -2.37. The van der Waals surface area contributed by atoms with Crippen molar-refractivity contribution in [2.24, 2.45) is 0 Å². The third kappa shape index (κ3) is 5.06. The van der Waals surface area contributed by atoms with Gasteiger partial charge in [-0.05, 0) is 61.7 Å². The summed E-state index contributed by atoms with van der Waals surface area (Å²) in [5.41, 5.74) is 2.56. The Hall–Kier alpha value is -3.28. The standard InChI is InChI=1S/C28H28FN5O3S2/c1-18-4-2-10-33-24(18)30-25(32-13-11-31(12-14-32)20-8-6-19(29)7-9-20)22(26(33)35)16-23-27(36)34(28(38)39-23)17-21-5-3-15-37-21/h2,4,6-10,16,21H,3,5,11-15,17H2,1H3/b23-16-/t21-/m1/s1. The monoisotopic (exact) mass is 565 g/mol. The minimum Gasteiger partial charge on any atom is -0.376 e. The van der Waals surface area contributed by atoms with Crippen LogP contribution in [0.25, 0.3) is 11.7 Å². The van der Waals surface area contributed by atoms with Crippen molar-refractivity contribution in [2.45, 2.75) is 25.9 Å². The summed E-state index contributed by atoms with van der Waals surface area (Å²) in [5.74, 6) is 0.0817. The smallest absolute Gasteiger partial charge is 0.267 e. The number of piperazine rings is 1. The molecule has 2 aromatic heterocycles. The van der Waals surface area contributed by atoms with Gasteiger partial charge in [-0.2, -0.15) is 0 Å². The first-order valence-electron chi connectivity index (χ1n) is 13.0. The van der Waals surface area contributed by atoms with Crippen LogP contribution in [0.3, 0.4) is 0 Å². The molecule has 0 spiro atoms. The number of halogens is 1. The number of ether oxygens (including phenoxy) is 1. The Bertz CT molecular complexity index is 1530. The van der Waals surface area contributed by atoms with Gasteiger partial charge in [0.15, 0.2) is 0 Å². The van der Waals surface area contributed by atoms with E-state index in [2.05, 4.69) is 9.80 Å². The van der Waals surface area contributed by atoms with Crippen molar-refractivity contribution in [3.8, 4) is 0 Å². The Kier molecular flexibility index (Phi) is 7.13. The predicted molar refractivity (Wildman–Crippen MR) is 156 cm³/mol. The van der Waals surface area contributed by atoms with Crippen LogP contribution in [0.15, 0.2) is 52.3 Å². The second-order valence-corrected chi connectivity index (χ2v) is 11.6. The second kappa shape index (κ2) is 10.7. The fraction of sp³-hybridized carbons (Fsp3) is 0.357. The second-order valence-electron chi connectivity index (χ2n) is 9.92. The Balaban J connectivity index is 1.34. The molecule has 1 atom stereocenters. The number of hydrogen-bond donors (Lipinski definition) is 0. The molecule has 0 radical (unpaired) electrons. The number of aromatic nitrogens is 2. The molecule has 0 unspecified atom stereocenters. The van der Waals surface area contributed by atoms with Crippen LogP contribution < -0.4 is 15.4 Å². The van der Waals surface area contributed by atoms with Crippen molar-refractivity contribution < 1.29 is 13.9 Å². The van der Waals surface area contributed by atoms with Crippen LogP contribution >= 0.6 is 24.0 Å². The number of amides is 1. The maximum absolute atomic E-state index is 13.8. The summed E-state index contributed by atoms with van der Waals surface area (Å²) in [6.07, 6.45) is 5.22. The molecule has 39 heavy (non-hydrogen) atoms. The average Bonchev–Trinajstić information content (AvgIpc) is 3.55. The van der Waals surface area contributed by atoms with Gasteiger partial charge < -0.3 is 14.5 Å². The van der Waals surface area contributed by atoms with Gasteiger partial charge in [0, 0.05) is 44.7 Å². The number of pyridine rings is 1. The SMILES string of the molecule is Cc1cccn2c(=O)c(/C=C3\SC(=S)N(C[C@H]4CCCO4)C3=O)c(N3CCN(c4ccc(F)cc4)CC3)nc12. The van der Waals surface area contributed by atoms with Crippen LogP contribution in [-0.4, -0.2) is 69.9 Å². The van der Waals surface area contributed by atoms with Crippen LogP contribution in [0.5, 0.6) is 0 Å². The van der Waals surface area contributed by atoms with E-state index in [0.717, 1.165) is 24.1 Å². The van der Waals surface area contributed by atoms with Crippen LogP contribution in [0.4, 0.5) is 15.9 Å². The van der Waals surface area contributed by atoms with Crippen molar-refractivity contribution in [3.05, 3.63) is 74.8 Å². The Morgan fingerprint density at radius 1 is 1.13 bits per heavy atom. The molecule has 3 aromatic rings. The Morgan fingerprint density at radius 2 is 1.87 bits per heavy atom. The van der Waals surface area contributed by atoms with E-state index in [1.807, 2.05) is 19.1 Å². The zero-order chi connectivity index (χ0) is 27.1. The van der Waals surface area contributed by atoms with E-state index in [-0.39, 0.29) is 23.4 Å². The molecule has 11 heteroatoms. The third-order valence-electron chi connectivity index (χ3n) is 7.39. The fourth-order valence-electron chi connectivity index (χ4n) is 5.28. The Morgan fingerprint density at radius 3 is 2.59 bits per heavy atom. The maximum Gasteiger partial charge on any atom is 0.267 e. The molecule has 3 fully saturated rings. The number of aryl methyl sites for hydroxylation is 1. The van der Waals surface area contributed by atoms with E-state index in [9.17, 15) is 14.0 Å². The van der Waals surface area contributed by atoms with Gasteiger partial charge in [0.2, 0.25) is 0 Å². The minimum atomic E-state index is -0.264. The highest BCUT2D eigenvalue weighted by atomic mass is 32.2. The molecule has 0 saturated carbocycles. The van der Waals surface area contributed by atoms with E-state index >= 15 is 0 Å². The Labute approximate surface area is 235 Å². The van der Waals surface area contributed by atoms with Gasteiger partial charge in [-0.3, -0.25) is 18.9 Å². The topological polar surface area (TPSA) is 70.4 Å². The largest absolute Gasteiger partial charge is 0.376 e. The lowest BCUT2D eigenvalue weighted by atomic mass is 10.2. The molecule has 8 nitrogen and oxygen atoms in total. The van der Waals surface area contributed by atoms with Gasteiger partial charge in [-0.15, -0.1) is 0 Å². The summed E-state index contributed by atoms with van der Waals surface area (Å²) in [5, 5.41) is 0. The molecule has 202 valence electrons. The normalized spacial score (nSPS) is 21.1. The van der Waals surface area contributed by atoms with E-state index in [1.165, 1.54) is 28.3 Å². The van der Waals surface area contributed by atoms with E-state index < -0.39 is 0 Å². The predicted octanol–water partition coefficient (Wildman–Crippen LogP) is 3.85. The fourth-order valence-corrected chi connectivity index (χ4v) is 6.53. The molecule has 5 heterocycles. The molecule has 0 aliphatic carbocycles. The number of fused-ring (bicyclic) bond motifs is 1. The molecular formula is C28H28FN5O3S2. The zero-order valence-electron chi connectivity index (χ0n) is 21.5. The highest BCUT2D eigenvalue weighted by Gasteiger charge is 2.35. The van der Waals surface area contributed by atoms with Gasteiger partial charge in [-0.1, -0.05) is 30.0 Å². The molecule has 6 rings (SSSR count). The quantitative estimate of drug-likeness (QED) is 0.342. The van der Waals surface area contributed by atoms with Crippen LogP contribution in [0.1, 0.15) is 24.0 Å². The zero-order valence-corrected chi connectivity index (χ0v) is 23.1. The van der Waals surface area contributed by atoms with Gasteiger partial charge >= 0.3 is 0 Å². The van der Waals surface area contributed by atoms with Gasteiger partial charge in [0.1, 0.15) is 21.6 Å². The number of carbonyl (C=O) groups excluding carboxylic acids is 1. The summed E-state index contributed by atoms with van der Waals surface area (Å²) >= 11 is 6.74. The summed E-state index contributed by atoms with van der Waals surface area (Å²) in [6.45, 7) is 5.65. The minimum absolute atomic E-state index is 0.0178. The summed E-state index contributed by atoms with van der Waals surface area (Å²) in [4.78, 5) is 38.4. The number of benzene rings is 1. The summed E-state index contributed by atoms with van der Waals surface area (Å²) < 4.78 is 21.1. The van der Waals surface area contributed by atoms with E-state index in [1.54, 1.807) is 29.3 Å². The molecule has 1 aromatic carbocycles. The van der Waals surface area contributed by atoms with Crippen molar-refractivity contribution in [2.75, 3.05) is 49.1 Å². The van der Waals surface area contributed by atoms with Crippen molar-refractivity contribution in [1.82, 2.24) is 14.3 Å². The van der Waals surface area contributed by atoms with Crippen molar-refractivity contribution >= 4 is 57.4 Å². The molecular weight excluding hydrogens is 537 g/mol.